The first-order valence-corrected chi connectivity index (χ1v) is 9.29. The number of amides is 1. The highest BCUT2D eigenvalue weighted by Gasteiger charge is 2.26. The van der Waals surface area contributed by atoms with Gasteiger partial charge in [-0.1, -0.05) is 17.7 Å². The van der Waals surface area contributed by atoms with Gasteiger partial charge in [-0.15, -0.1) is 4.40 Å². The number of rotatable bonds is 3. The van der Waals surface area contributed by atoms with Crippen molar-refractivity contribution in [2.75, 3.05) is 0 Å². The maximum absolute atomic E-state index is 12.2. The number of carbonyl (C=O) groups excluding carboxylic acids is 1. The summed E-state index contributed by atoms with van der Waals surface area (Å²) in [5.74, 6) is -0.408. The van der Waals surface area contributed by atoms with Crippen molar-refractivity contribution in [3.05, 3.63) is 64.3 Å². The lowest BCUT2D eigenvalue weighted by molar-refractivity contribution is -0.115. The van der Waals surface area contributed by atoms with E-state index in [2.05, 4.69) is 14.7 Å². The summed E-state index contributed by atoms with van der Waals surface area (Å²) < 4.78 is 28.2. The number of hydrogen-bond acceptors (Lipinski definition) is 5. The molecule has 24 heavy (non-hydrogen) atoms. The second-order valence-corrected chi connectivity index (χ2v) is 7.75. The molecule has 0 saturated carbocycles. The van der Waals surface area contributed by atoms with Crippen molar-refractivity contribution in [1.29, 1.82) is 0 Å². The van der Waals surface area contributed by atoms with E-state index >= 15 is 0 Å². The quantitative estimate of drug-likeness (QED) is 0.828. The molecule has 2 aromatic rings. The highest BCUT2D eigenvalue weighted by atomic mass is 35.5. The van der Waals surface area contributed by atoms with Crippen LogP contribution in [0.2, 0.25) is 5.02 Å². The van der Waals surface area contributed by atoms with Gasteiger partial charge in [0.05, 0.1) is 9.80 Å². The van der Waals surface area contributed by atoms with Gasteiger partial charge in [-0.2, -0.15) is 8.42 Å². The van der Waals surface area contributed by atoms with E-state index in [1.54, 1.807) is 30.6 Å². The van der Waals surface area contributed by atoms with E-state index in [1.807, 2.05) is 0 Å². The maximum Gasteiger partial charge on any atom is 0.284 e. The molecule has 3 rings (SSSR count). The van der Waals surface area contributed by atoms with Crippen LogP contribution < -0.4 is 5.32 Å². The van der Waals surface area contributed by atoms with Gasteiger partial charge in [0.2, 0.25) is 0 Å². The Bertz CT molecular complexity index is 940. The number of amidine groups is 1. The van der Waals surface area contributed by atoms with Crippen molar-refractivity contribution >= 4 is 50.5 Å². The number of aromatic nitrogens is 1. The lowest BCUT2D eigenvalue weighted by Crippen LogP contribution is -2.20. The summed E-state index contributed by atoms with van der Waals surface area (Å²) in [5, 5.41) is 2.87. The molecule has 1 N–H and O–H groups in total. The molecule has 1 fully saturated rings. The van der Waals surface area contributed by atoms with E-state index < -0.39 is 15.9 Å². The van der Waals surface area contributed by atoms with Gasteiger partial charge in [-0.25, -0.2) is 0 Å². The van der Waals surface area contributed by atoms with Gasteiger partial charge < -0.3 is 0 Å². The average Bonchev–Trinajstić information content (AvgIpc) is 2.87. The Morgan fingerprint density at radius 1 is 1.21 bits per heavy atom. The van der Waals surface area contributed by atoms with Crippen LogP contribution in [0.4, 0.5) is 0 Å². The molecule has 2 heterocycles. The molecule has 122 valence electrons. The van der Waals surface area contributed by atoms with Crippen molar-refractivity contribution in [2.24, 2.45) is 4.40 Å². The fourth-order valence-electron chi connectivity index (χ4n) is 1.85. The van der Waals surface area contributed by atoms with Crippen LogP contribution in [0.15, 0.2) is 63.0 Å². The zero-order valence-corrected chi connectivity index (χ0v) is 14.4. The summed E-state index contributed by atoms with van der Waals surface area (Å²) >= 11 is 6.70. The lowest BCUT2D eigenvalue weighted by Gasteiger charge is -1.99. The maximum atomic E-state index is 12.2. The van der Waals surface area contributed by atoms with E-state index in [9.17, 15) is 13.2 Å². The van der Waals surface area contributed by atoms with Gasteiger partial charge >= 0.3 is 0 Å². The molecule has 0 atom stereocenters. The number of pyridine rings is 1. The Morgan fingerprint density at radius 2 is 1.96 bits per heavy atom. The molecule has 0 aliphatic carbocycles. The second-order valence-electron chi connectivity index (χ2n) is 4.68. The number of benzene rings is 1. The van der Waals surface area contributed by atoms with Crippen molar-refractivity contribution in [2.45, 2.75) is 4.90 Å². The third-order valence-corrected chi connectivity index (χ3v) is 5.52. The van der Waals surface area contributed by atoms with Gasteiger partial charge in [-0.05, 0) is 53.7 Å². The minimum atomic E-state index is -3.93. The zero-order chi connectivity index (χ0) is 17.2. The average molecular weight is 380 g/mol. The van der Waals surface area contributed by atoms with Crippen molar-refractivity contribution in [1.82, 2.24) is 10.3 Å². The summed E-state index contributed by atoms with van der Waals surface area (Å²) in [6.07, 6.45) is 4.83. The Hall–Kier alpha value is -2.16. The van der Waals surface area contributed by atoms with Gasteiger partial charge in [0, 0.05) is 17.4 Å². The molecule has 0 spiro atoms. The molecule has 0 radical (unpaired) electrons. The SMILES string of the molecule is O=C1N/C(=N\S(=O)(=O)c2ccc(Cl)cc2)S/C1=C\c1cccnc1. The van der Waals surface area contributed by atoms with Crippen LogP contribution in [0, 0.1) is 0 Å². The summed E-state index contributed by atoms with van der Waals surface area (Å²) in [4.78, 5) is 16.2. The van der Waals surface area contributed by atoms with Crippen LogP contribution in [-0.4, -0.2) is 24.5 Å². The minimum Gasteiger partial charge on any atom is -0.300 e. The fourth-order valence-corrected chi connectivity index (χ4v) is 3.96. The van der Waals surface area contributed by atoms with E-state index in [0.717, 1.165) is 17.3 Å². The topological polar surface area (TPSA) is 88.5 Å². The first kappa shape index (κ1) is 16.7. The predicted molar refractivity (Wildman–Crippen MR) is 94.0 cm³/mol. The summed E-state index contributed by atoms with van der Waals surface area (Å²) in [7, 11) is -3.93. The first-order chi connectivity index (χ1) is 11.4. The Labute approximate surface area is 147 Å². The van der Waals surface area contributed by atoms with E-state index in [-0.39, 0.29) is 10.1 Å². The van der Waals surface area contributed by atoms with Crippen LogP contribution in [0.1, 0.15) is 5.56 Å². The Kier molecular flexibility index (Phi) is 4.70. The number of nitrogens with one attached hydrogen (secondary N) is 1. The number of hydrogen-bond donors (Lipinski definition) is 1. The van der Waals surface area contributed by atoms with Gasteiger partial charge in [0.25, 0.3) is 15.9 Å². The van der Waals surface area contributed by atoms with Crippen LogP contribution in [0.5, 0.6) is 0 Å². The number of nitrogens with zero attached hydrogens (tertiary/aromatic N) is 2. The molecule has 1 aliphatic rings. The fraction of sp³-hybridized carbons (Fsp3) is 0. The monoisotopic (exact) mass is 379 g/mol. The molecule has 1 amide bonds. The van der Waals surface area contributed by atoms with E-state index in [1.165, 1.54) is 24.3 Å². The summed E-state index contributed by atoms with van der Waals surface area (Å²) in [5.41, 5.74) is 0.733. The molecule has 0 unspecified atom stereocenters. The smallest absolute Gasteiger partial charge is 0.284 e. The van der Waals surface area contributed by atoms with E-state index in [4.69, 9.17) is 11.6 Å². The van der Waals surface area contributed by atoms with Crippen molar-refractivity contribution in [3.8, 4) is 0 Å². The van der Waals surface area contributed by atoms with Crippen LogP contribution in [-0.2, 0) is 14.8 Å². The highest BCUT2D eigenvalue weighted by molar-refractivity contribution is 8.19. The molecular formula is C15H10ClN3O3S2. The second kappa shape index (κ2) is 6.76. The third-order valence-electron chi connectivity index (χ3n) is 2.95. The molecule has 1 saturated heterocycles. The standard InChI is InChI=1S/C15H10ClN3O3S2/c16-11-3-5-12(6-4-11)24(21,22)19-15-18-14(20)13(23-15)8-10-2-1-7-17-9-10/h1-9H,(H,18,19,20)/b13-8-. The van der Waals surface area contributed by atoms with Gasteiger partial charge in [0.15, 0.2) is 5.17 Å². The zero-order valence-electron chi connectivity index (χ0n) is 12.0. The molecule has 1 aliphatic heterocycles. The molecule has 0 bridgehead atoms. The highest BCUT2D eigenvalue weighted by Crippen LogP contribution is 2.27. The summed E-state index contributed by atoms with van der Waals surface area (Å²) in [6.45, 7) is 0. The van der Waals surface area contributed by atoms with E-state index in [0.29, 0.717) is 9.93 Å². The molecule has 1 aromatic heterocycles. The Balaban J connectivity index is 1.86. The first-order valence-electron chi connectivity index (χ1n) is 6.65. The lowest BCUT2D eigenvalue weighted by atomic mass is 10.2. The van der Waals surface area contributed by atoms with Crippen molar-refractivity contribution in [3.63, 3.8) is 0 Å². The van der Waals surface area contributed by atoms with Gasteiger partial charge in [0.1, 0.15) is 0 Å². The Morgan fingerprint density at radius 3 is 2.62 bits per heavy atom. The summed E-state index contributed by atoms with van der Waals surface area (Å²) in [6, 6.07) is 9.16. The molecular weight excluding hydrogens is 370 g/mol. The predicted octanol–water partition coefficient (Wildman–Crippen LogP) is 2.68. The third kappa shape index (κ3) is 3.84. The number of carbonyl (C=O) groups is 1. The van der Waals surface area contributed by atoms with Crippen LogP contribution in [0.3, 0.4) is 0 Å². The molecule has 1 aromatic carbocycles. The largest absolute Gasteiger partial charge is 0.300 e. The molecule has 9 heteroatoms. The molecule has 6 nitrogen and oxygen atoms in total. The van der Waals surface area contributed by atoms with Crippen LogP contribution in [0.25, 0.3) is 6.08 Å². The number of sulfonamides is 1. The van der Waals surface area contributed by atoms with Crippen LogP contribution >= 0.6 is 23.4 Å². The number of halogens is 1. The van der Waals surface area contributed by atoms with Gasteiger partial charge in [-0.3, -0.25) is 15.1 Å². The van der Waals surface area contributed by atoms with Crippen molar-refractivity contribution < 1.29 is 13.2 Å². The minimum absolute atomic E-state index is 0.000983. The normalized spacial score (nSPS) is 18.1. The number of thioether (sulfide) groups is 1.